The topological polar surface area (TPSA) is 70.7 Å². The van der Waals surface area contributed by atoms with Gasteiger partial charge in [0.15, 0.2) is 0 Å². The second-order valence-corrected chi connectivity index (χ2v) is 7.12. The number of carbonyl (C=O) groups is 2. The molecule has 6 heteroatoms. The molecule has 0 heterocycles. The van der Waals surface area contributed by atoms with Gasteiger partial charge in [-0.1, -0.05) is 12.1 Å². The van der Waals surface area contributed by atoms with E-state index in [0.29, 0.717) is 12.5 Å². The summed E-state index contributed by atoms with van der Waals surface area (Å²) in [6.45, 7) is 5.84. The Labute approximate surface area is 149 Å². The van der Waals surface area contributed by atoms with E-state index in [1.165, 1.54) is 5.56 Å². The molecule has 0 spiro atoms. The fourth-order valence-corrected chi connectivity index (χ4v) is 3.22. The van der Waals surface area contributed by atoms with Gasteiger partial charge in [-0.15, -0.1) is 0 Å². The number of ether oxygens (including phenoxy) is 1. The Hall–Kier alpha value is -2.24. The van der Waals surface area contributed by atoms with Crippen molar-refractivity contribution < 1.29 is 14.3 Å². The quantitative estimate of drug-likeness (QED) is 0.831. The smallest absolute Gasteiger partial charge is 0.315 e. The maximum Gasteiger partial charge on any atom is 0.315 e. The van der Waals surface area contributed by atoms with E-state index < -0.39 is 5.54 Å². The van der Waals surface area contributed by atoms with Crippen LogP contribution in [-0.4, -0.2) is 49.1 Å². The molecule has 0 atom stereocenters. The van der Waals surface area contributed by atoms with Crippen molar-refractivity contribution in [2.75, 3.05) is 20.7 Å². The molecule has 1 aromatic rings. The van der Waals surface area contributed by atoms with E-state index in [4.69, 9.17) is 4.74 Å². The third-order valence-electron chi connectivity index (χ3n) is 4.84. The molecule has 2 N–H and O–H groups in total. The Morgan fingerprint density at radius 2 is 2.00 bits per heavy atom. The van der Waals surface area contributed by atoms with Crippen LogP contribution in [-0.2, 0) is 4.79 Å². The van der Waals surface area contributed by atoms with Crippen LogP contribution in [0.15, 0.2) is 24.3 Å². The monoisotopic (exact) mass is 347 g/mol. The van der Waals surface area contributed by atoms with Gasteiger partial charge in [-0.3, -0.25) is 4.79 Å². The predicted molar refractivity (Wildman–Crippen MR) is 97.8 cm³/mol. The van der Waals surface area contributed by atoms with Crippen LogP contribution in [0, 0.1) is 0 Å². The zero-order valence-electron chi connectivity index (χ0n) is 15.8. The molecule has 0 unspecified atom stereocenters. The highest BCUT2D eigenvalue weighted by atomic mass is 16.5. The molecule has 0 aliphatic heterocycles. The summed E-state index contributed by atoms with van der Waals surface area (Å²) in [4.78, 5) is 26.2. The lowest BCUT2D eigenvalue weighted by Gasteiger charge is -2.44. The maximum absolute atomic E-state index is 12.7. The lowest BCUT2D eigenvalue weighted by molar-refractivity contribution is -0.139. The van der Waals surface area contributed by atoms with Gasteiger partial charge in [0, 0.05) is 19.6 Å². The van der Waals surface area contributed by atoms with E-state index in [0.717, 1.165) is 18.6 Å². The van der Waals surface area contributed by atoms with Crippen molar-refractivity contribution in [2.45, 2.75) is 51.1 Å². The van der Waals surface area contributed by atoms with Crippen molar-refractivity contribution in [2.24, 2.45) is 0 Å². The van der Waals surface area contributed by atoms with Crippen LogP contribution in [0.3, 0.4) is 0 Å². The first kappa shape index (κ1) is 19.1. The summed E-state index contributed by atoms with van der Waals surface area (Å²) in [5.41, 5.74) is 0.311. The highest BCUT2D eigenvalue weighted by Gasteiger charge is 2.40. The Morgan fingerprint density at radius 3 is 2.60 bits per heavy atom. The van der Waals surface area contributed by atoms with Crippen molar-refractivity contribution in [3.63, 3.8) is 0 Å². The molecule has 1 aromatic carbocycles. The average Bonchev–Trinajstić information content (AvgIpc) is 2.52. The molecular weight excluding hydrogens is 318 g/mol. The molecule has 1 fully saturated rings. The first-order valence-electron chi connectivity index (χ1n) is 8.75. The van der Waals surface area contributed by atoms with Crippen molar-refractivity contribution in [1.29, 1.82) is 0 Å². The first-order chi connectivity index (χ1) is 11.8. The minimum absolute atomic E-state index is 0.0761. The molecule has 2 rings (SSSR count). The van der Waals surface area contributed by atoms with E-state index in [1.807, 2.05) is 26.1 Å². The number of nitrogens with zero attached hydrogens (tertiary/aromatic N) is 1. The fourth-order valence-electron chi connectivity index (χ4n) is 3.22. The van der Waals surface area contributed by atoms with E-state index >= 15 is 0 Å². The Kier molecular flexibility index (Phi) is 5.93. The molecule has 1 saturated carbocycles. The van der Waals surface area contributed by atoms with Crippen LogP contribution in [0.5, 0.6) is 5.75 Å². The van der Waals surface area contributed by atoms with E-state index in [9.17, 15) is 9.59 Å². The second kappa shape index (κ2) is 7.76. The highest BCUT2D eigenvalue weighted by Crippen LogP contribution is 2.40. The second-order valence-electron chi connectivity index (χ2n) is 7.12. The maximum atomic E-state index is 12.7. The Morgan fingerprint density at radius 1 is 1.32 bits per heavy atom. The third kappa shape index (κ3) is 4.44. The van der Waals surface area contributed by atoms with E-state index in [2.05, 4.69) is 22.8 Å². The number of nitrogens with one attached hydrogen (secondary N) is 2. The minimum Gasteiger partial charge on any atom is -0.497 e. The van der Waals surface area contributed by atoms with Gasteiger partial charge in [0.2, 0.25) is 5.91 Å². The summed E-state index contributed by atoms with van der Waals surface area (Å²) in [5, 5.41) is 5.40. The van der Waals surface area contributed by atoms with Gasteiger partial charge in [0.05, 0.1) is 7.11 Å². The van der Waals surface area contributed by atoms with Gasteiger partial charge in [-0.2, -0.15) is 0 Å². The largest absolute Gasteiger partial charge is 0.497 e. The molecule has 0 radical (unpaired) electrons. The predicted octanol–water partition coefficient (Wildman–Crippen LogP) is 2.50. The number of urea groups is 1. The summed E-state index contributed by atoms with van der Waals surface area (Å²) in [6.07, 6.45) is 1.85. The van der Waals surface area contributed by atoms with E-state index in [1.54, 1.807) is 25.9 Å². The van der Waals surface area contributed by atoms with Crippen molar-refractivity contribution >= 4 is 11.9 Å². The number of hydrogen-bond acceptors (Lipinski definition) is 3. The van der Waals surface area contributed by atoms with Crippen LogP contribution in [0.4, 0.5) is 4.79 Å². The standard InChI is InChI=1S/C19H29N3O3/c1-6-20-18(24)21-19(2,3)17(23)22(4)15-10-14(11-15)13-8-7-9-16(12-13)25-5/h7-9,12,14-15H,6,10-11H2,1-5H3,(H2,20,21,24). The average molecular weight is 347 g/mol. The lowest BCUT2D eigenvalue weighted by atomic mass is 9.75. The van der Waals surface area contributed by atoms with E-state index in [-0.39, 0.29) is 18.0 Å². The van der Waals surface area contributed by atoms with Crippen LogP contribution in [0.2, 0.25) is 0 Å². The Bertz CT molecular complexity index is 624. The first-order valence-corrected chi connectivity index (χ1v) is 8.75. The highest BCUT2D eigenvalue weighted by molar-refractivity contribution is 5.90. The van der Waals surface area contributed by atoms with Gasteiger partial charge in [-0.25, -0.2) is 4.79 Å². The number of rotatable bonds is 6. The zero-order chi connectivity index (χ0) is 18.6. The number of benzene rings is 1. The van der Waals surface area contributed by atoms with Crippen molar-refractivity contribution in [3.05, 3.63) is 29.8 Å². The molecule has 25 heavy (non-hydrogen) atoms. The van der Waals surface area contributed by atoms with Gasteiger partial charge in [0.1, 0.15) is 11.3 Å². The molecule has 0 saturated heterocycles. The lowest BCUT2D eigenvalue weighted by Crippen LogP contribution is -2.60. The summed E-state index contributed by atoms with van der Waals surface area (Å²) >= 11 is 0. The summed E-state index contributed by atoms with van der Waals surface area (Å²) in [6, 6.07) is 7.96. The molecule has 138 valence electrons. The molecule has 1 aliphatic carbocycles. The summed E-state index contributed by atoms with van der Waals surface area (Å²) < 4.78 is 5.28. The van der Waals surface area contributed by atoms with Crippen LogP contribution >= 0.6 is 0 Å². The zero-order valence-corrected chi connectivity index (χ0v) is 15.8. The number of amides is 3. The summed E-state index contributed by atoms with van der Waals surface area (Å²) in [7, 11) is 3.48. The normalized spacial score (nSPS) is 19.6. The number of hydrogen-bond donors (Lipinski definition) is 2. The molecule has 0 bridgehead atoms. The van der Waals surface area contributed by atoms with Gasteiger partial charge >= 0.3 is 6.03 Å². The molecular formula is C19H29N3O3. The van der Waals surface area contributed by atoms with Crippen LogP contribution in [0.1, 0.15) is 45.1 Å². The number of carbonyl (C=O) groups excluding carboxylic acids is 2. The fraction of sp³-hybridized carbons (Fsp3) is 0.579. The molecule has 3 amide bonds. The number of methoxy groups -OCH3 is 1. The summed E-state index contributed by atoms with van der Waals surface area (Å²) in [5.74, 6) is 1.22. The number of likely N-dealkylation sites (N-methyl/N-ethyl adjacent to an activating group) is 1. The van der Waals surface area contributed by atoms with Gasteiger partial charge in [-0.05, 0) is 57.2 Å². The van der Waals surface area contributed by atoms with Gasteiger partial charge < -0.3 is 20.3 Å². The van der Waals surface area contributed by atoms with Gasteiger partial charge in [0.25, 0.3) is 0 Å². The van der Waals surface area contributed by atoms with Crippen LogP contribution < -0.4 is 15.4 Å². The molecule has 0 aromatic heterocycles. The SMILES string of the molecule is CCNC(=O)NC(C)(C)C(=O)N(C)C1CC(c2cccc(OC)c2)C1. The Balaban J connectivity index is 1.92. The third-order valence-corrected chi connectivity index (χ3v) is 4.84. The molecule has 6 nitrogen and oxygen atoms in total. The van der Waals surface area contributed by atoms with Crippen molar-refractivity contribution in [3.8, 4) is 5.75 Å². The molecule has 1 aliphatic rings. The minimum atomic E-state index is -0.935. The van der Waals surface area contributed by atoms with Crippen LogP contribution in [0.25, 0.3) is 0 Å². The van der Waals surface area contributed by atoms with Crippen molar-refractivity contribution in [1.82, 2.24) is 15.5 Å².